The minimum Gasteiger partial charge on any atom is -0.494 e. The van der Waals surface area contributed by atoms with Gasteiger partial charge in [-0.1, -0.05) is 26.0 Å². The number of nitrogens with one attached hydrogen (secondary N) is 1. The van der Waals surface area contributed by atoms with Gasteiger partial charge in [0.1, 0.15) is 0 Å². The summed E-state index contributed by atoms with van der Waals surface area (Å²) in [4.78, 5) is 0. The zero-order valence-electron chi connectivity index (χ0n) is 12.5. The van der Waals surface area contributed by atoms with Gasteiger partial charge < -0.3 is 14.8 Å². The van der Waals surface area contributed by atoms with Crippen LogP contribution in [-0.2, 0) is 4.74 Å². The van der Waals surface area contributed by atoms with Crippen LogP contribution in [0.1, 0.15) is 38.3 Å². The second kappa shape index (κ2) is 7.04. The Bertz CT molecular complexity index is 438. The first-order chi connectivity index (χ1) is 9.72. The van der Waals surface area contributed by atoms with E-state index in [-0.39, 0.29) is 18.0 Å². The number of benzene rings is 1. The second-order valence-corrected chi connectivity index (χ2v) is 5.17. The predicted molar refractivity (Wildman–Crippen MR) is 77.5 cm³/mol. The van der Waals surface area contributed by atoms with E-state index in [1.54, 1.807) is 6.07 Å². The predicted octanol–water partition coefficient (Wildman–Crippen LogP) is 3.30. The van der Waals surface area contributed by atoms with Crippen molar-refractivity contribution >= 4 is 0 Å². The lowest BCUT2D eigenvalue weighted by Crippen LogP contribution is -2.33. The van der Waals surface area contributed by atoms with Crippen molar-refractivity contribution in [1.82, 2.24) is 5.32 Å². The van der Waals surface area contributed by atoms with Crippen molar-refractivity contribution in [2.24, 2.45) is 5.92 Å². The number of hydrogen-bond acceptors (Lipinski definition) is 3. The highest BCUT2D eigenvalue weighted by Gasteiger charge is 2.35. The first-order valence-electron chi connectivity index (χ1n) is 7.40. The van der Waals surface area contributed by atoms with Crippen molar-refractivity contribution in [1.29, 1.82) is 0 Å². The van der Waals surface area contributed by atoms with Crippen LogP contribution in [0.3, 0.4) is 0 Å². The molecule has 1 aliphatic rings. The maximum absolute atomic E-state index is 14.5. The highest BCUT2D eigenvalue weighted by molar-refractivity contribution is 5.33. The quantitative estimate of drug-likeness (QED) is 0.868. The average molecular weight is 281 g/mol. The molecule has 2 rings (SSSR count). The molecule has 3 unspecified atom stereocenters. The van der Waals surface area contributed by atoms with Gasteiger partial charge in [-0.2, -0.15) is 0 Å². The largest absolute Gasteiger partial charge is 0.494 e. The van der Waals surface area contributed by atoms with E-state index in [1.165, 1.54) is 7.11 Å². The van der Waals surface area contributed by atoms with Gasteiger partial charge in [0.15, 0.2) is 11.6 Å². The Morgan fingerprint density at radius 3 is 2.90 bits per heavy atom. The van der Waals surface area contributed by atoms with Crippen LogP contribution in [0.25, 0.3) is 0 Å². The Hall–Kier alpha value is -1.13. The molecule has 0 aliphatic carbocycles. The topological polar surface area (TPSA) is 30.5 Å². The van der Waals surface area contributed by atoms with E-state index in [0.717, 1.165) is 26.0 Å². The molecule has 1 N–H and O–H groups in total. The van der Waals surface area contributed by atoms with E-state index < -0.39 is 0 Å². The fraction of sp³-hybridized carbons (Fsp3) is 0.625. The maximum Gasteiger partial charge on any atom is 0.169 e. The van der Waals surface area contributed by atoms with Crippen LogP contribution in [0.5, 0.6) is 5.75 Å². The second-order valence-electron chi connectivity index (χ2n) is 5.17. The maximum atomic E-state index is 14.5. The van der Waals surface area contributed by atoms with Crippen molar-refractivity contribution in [2.45, 2.75) is 38.8 Å². The van der Waals surface area contributed by atoms with Gasteiger partial charge in [-0.15, -0.1) is 0 Å². The van der Waals surface area contributed by atoms with Crippen LogP contribution in [0.2, 0.25) is 0 Å². The lowest BCUT2D eigenvalue weighted by atomic mass is 9.86. The molecule has 4 heteroatoms. The molecule has 0 saturated carbocycles. The molecule has 0 radical (unpaired) electrons. The van der Waals surface area contributed by atoms with E-state index in [2.05, 4.69) is 12.2 Å². The normalized spacial score (nSPS) is 23.8. The molecule has 3 atom stereocenters. The first kappa shape index (κ1) is 15.3. The summed E-state index contributed by atoms with van der Waals surface area (Å²) in [6.45, 7) is 5.72. The molecule has 1 fully saturated rings. The third kappa shape index (κ3) is 2.96. The summed E-state index contributed by atoms with van der Waals surface area (Å²) >= 11 is 0. The summed E-state index contributed by atoms with van der Waals surface area (Å²) in [5, 5.41) is 3.42. The van der Waals surface area contributed by atoms with Gasteiger partial charge in [0, 0.05) is 24.1 Å². The molecule has 1 aromatic carbocycles. The summed E-state index contributed by atoms with van der Waals surface area (Å²) in [5.41, 5.74) is 0.681. The van der Waals surface area contributed by atoms with Crippen LogP contribution in [0.15, 0.2) is 18.2 Å². The molecule has 0 amide bonds. The zero-order chi connectivity index (χ0) is 14.5. The summed E-state index contributed by atoms with van der Waals surface area (Å²) in [7, 11) is 1.50. The van der Waals surface area contributed by atoms with Crippen molar-refractivity contribution < 1.29 is 13.9 Å². The Morgan fingerprint density at radius 1 is 1.45 bits per heavy atom. The Labute approximate surface area is 120 Å². The van der Waals surface area contributed by atoms with Gasteiger partial charge >= 0.3 is 0 Å². The number of ether oxygens (including phenoxy) is 2. The van der Waals surface area contributed by atoms with Gasteiger partial charge in [0.2, 0.25) is 0 Å². The lowest BCUT2D eigenvalue weighted by molar-refractivity contribution is 0.0771. The van der Waals surface area contributed by atoms with Crippen LogP contribution in [-0.4, -0.2) is 26.4 Å². The van der Waals surface area contributed by atoms with Gasteiger partial charge in [-0.3, -0.25) is 0 Å². The van der Waals surface area contributed by atoms with Crippen molar-refractivity contribution in [3.8, 4) is 5.75 Å². The minimum atomic E-state index is -0.261. The average Bonchev–Trinajstić information content (AvgIpc) is 2.93. The fourth-order valence-corrected chi connectivity index (χ4v) is 3.10. The first-order valence-corrected chi connectivity index (χ1v) is 7.40. The molecule has 0 spiro atoms. The lowest BCUT2D eigenvalue weighted by Gasteiger charge is -2.28. The highest BCUT2D eigenvalue weighted by Crippen LogP contribution is 2.37. The molecule has 1 saturated heterocycles. The van der Waals surface area contributed by atoms with E-state index >= 15 is 0 Å². The van der Waals surface area contributed by atoms with Crippen molar-refractivity contribution in [3.05, 3.63) is 29.6 Å². The summed E-state index contributed by atoms with van der Waals surface area (Å²) < 4.78 is 25.4. The van der Waals surface area contributed by atoms with Crippen LogP contribution in [0, 0.1) is 11.7 Å². The summed E-state index contributed by atoms with van der Waals surface area (Å²) in [5.74, 6) is 0.349. The third-order valence-corrected chi connectivity index (χ3v) is 4.06. The third-order valence-electron chi connectivity index (χ3n) is 4.06. The van der Waals surface area contributed by atoms with Crippen LogP contribution >= 0.6 is 0 Å². The molecule has 1 heterocycles. The molecule has 20 heavy (non-hydrogen) atoms. The summed E-state index contributed by atoms with van der Waals surface area (Å²) in [6.07, 6.45) is 2.12. The molecule has 112 valence electrons. The van der Waals surface area contributed by atoms with Gasteiger partial charge in [0.05, 0.1) is 13.2 Å². The Kier molecular flexibility index (Phi) is 5.38. The minimum absolute atomic E-state index is 0.0254. The fourth-order valence-electron chi connectivity index (χ4n) is 3.10. The zero-order valence-corrected chi connectivity index (χ0v) is 12.5. The molecule has 0 aromatic heterocycles. The van der Waals surface area contributed by atoms with Crippen molar-refractivity contribution in [3.63, 3.8) is 0 Å². The Balaban J connectivity index is 2.33. The van der Waals surface area contributed by atoms with E-state index in [0.29, 0.717) is 17.2 Å². The number of rotatable bonds is 6. The molecule has 1 aliphatic heterocycles. The number of halogens is 1. The standard InChI is InChI=1S/C16H24FNO2/c1-4-13-11(9-10-20-13)16(18-5-2)12-7-6-8-14(19-3)15(12)17/h6-8,11,13,16,18H,4-5,9-10H2,1-3H3. The molecule has 3 nitrogen and oxygen atoms in total. The van der Waals surface area contributed by atoms with Crippen LogP contribution < -0.4 is 10.1 Å². The summed E-state index contributed by atoms with van der Waals surface area (Å²) in [6, 6.07) is 5.32. The Morgan fingerprint density at radius 2 is 2.25 bits per heavy atom. The smallest absolute Gasteiger partial charge is 0.169 e. The molecule has 0 bridgehead atoms. The van der Waals surface area contributed by atoms with Gasteiger partial charge in [0.25, 0.3) is 0 Å². The van der Waals surface area contributed by atoms with E-state index in [4.69, 9.17) is 9.47 Å². The van der Waals surface area contributed by atoms with E-state index in [1.807, 2.05) is 19.1 Å². The van der Waals surface area contributed by atoms with Gasteiger partial charge in [-0.05, 0) is 25.5 Å². The molecular formula is C16H24FNO2. The highest BCUT2D eigenvalue weighted by atomic mass is 19.1. The molecule has 1 aromatic rings. The van der Waals surface area contributed by atoms with Crippen molar-refractivity contribution in [2.75, 3.05) is 20.3 Å². The SMILES string of the molecule is CCNC(c1cccc(OC)c1F)C1CCOC1CC. The molecular weight excluding hydrogens is 257 g/mol. The van der Waals surface area contributed by atoms with E-state index in [9.17, 15) is 4.39 Å². The monoisotopic (exact) mass is 281 g/mol. The van der Waals surface area contributed by atoms with Crippen LogP contribution in [0.4, 0.5) is 4.39 Å². The van der Waals surface area contributed by atoms with Gasteiger partial charge in [-0.25, -0.2) is 4.39 Å². The number of methoxy groups -OCH3 is 1. The number of hydrogen-bond donors (Lipinski definition) is 1.